The molecule has 13 heteroatoms. The van der Waals surface area contributed by atoms with Gasteiger partial charge in [-0.1, -0.05) is 0 Å². The third-order valence-electron chi connectivity index (χ3n) is 4.42. The number of nitrogens with one attached hydrogen (secondary N) is 1. The smallest absolute Gasteiger partial charge is 0.387 e. The Labute approximate surface area is 177 Å². The molecule has 0 amide bonds. The number of fused-ring (bicyclic) bond motifs is 1. The van der Waals surface area contributed by atoms with E-state index in [2.05, 4.69) is 25.0 Å². The summed E-state index contributed by atoms with van der Waals surface area (Å²) >= 11 is 0. The van der Waals surface area contributed by atoms with Gasteiger partial charge in [0.15, 0.2) is 11.6 Å². The number of nitro benzene ring substituents is 1. The summed E-state index contributed by atoms with van der Waals surface area (Å²) in [7, 11) is 0. The Balaban J connectivity index is 1.75. The number of aromatic nitrogens is 4. The first kappa shape index (κ1) is 20.8. The highest BCUT2D eigenvalue weighted by atomic mass is 19.3. The molecule has 2 heterocycles. The van der Waals surface area contributed by atoms with Crippen molar-refractivity contribution in [2.75, 3.05) is 11.1 Å². The predicted molar refractivity (Wildman–Crippen MR) is 109 cm³/mol. The quantitative estimate of drug-likeness (QED) is 0.335. The lowest BCUT2D eigenvalue weighted by Gasteiger charge is -2.12. The number of rotatable bonds is 6. The van der Waals surface area contributed by atoms with Crippen LogP contribution in [0.3, 0.4) is 0 Å². The highest BCUT2D eigenvalue weighted by molar-refractivity contribution is 5.80. The van der Waals surface area contributed by atoms with Gasteiger partial charge in [0, 0.05) is 17.8 Å². The zero-order chi connectivity index (χ0) is 23.0. The lowest BCUT2D eigenvalue weighted by atomic mass is 10.3. The molecule has 0 radical (unpaired) electrons. The number of hydrogen-bond donors (Lipinski definition) is 2. The lowest BCUT2D eigenvalue weighted by molar-refractivity contribution is -0.384. The van der Waals surface area contributed by atoms with E-state index in [1.807, 2.05) is 0 Å². The fourth-order valence-corrected chi connectivity index (χ4v) is 3.04. The molecule has 0 unspecified atom stereocenters. The molecule has 0 aliphatic heterocycles. The fraction of sp³-hybridized carbons (Fsp3) is 0.105. The number of nitrogens with zero attached hydrogens (tertiary/aromatic N) is 5. The second-order valence-corrected chi connectivity index (χ2v) is 6.52. The van der Waals surface area contributed by atoms with E-state index in [1.165, 1.54) is 47.0 Å². The zero-order valence-electron chi connectivity index (χ0n) is 16.3. The third-order valence-corrected chi connectivity index (χ3v) is 4.42. The average Bonchev–Trinajstić information content (AvgIpc) is 3.07. The van der Waals surface area contributed by atoms with Crippen molar-refractivity contribution in [3.05, 3.63) is 64.2 Å². The monoisotopic (exact) mass is 445 g/mol. The van der Waals surface area contributed by atoms with Gasteiger partial charge in [0.1, 0.15) is 11.6 Å². The van der Waals surface area contributed by atoms with Crippen molar-refractivity contribution in [3.63, 3.8) is 0 Å². The van der Waals surface area contributed by atoms with Gasteiger partial charge in [-0.2, -0.15) is 23.1 Å². The number of nitro groups is 1. The number of aryl methyl sites for hydroxylation is 1. The molecule has 164 valence electrons. The largest absolute Gasteiger partial charge is 0.435 e. The third kappa shape index (κ3) is 3.95. The molecule has 0 atom stereocenters. The van der Waals surface area contributed by atoms with Crippen LogP contribution in [0.25, 0.3) is 17.0 Å². The first-order valence-corrected chi connectivity index (χ1v) is 9.01. The fourth-order valence-electron chi connectivity index (χ4n) is 3.04. The number of nitrogen functional groups attached to an aromatic ring is 1. The van der Waals surface area contributed by atoms with Crippen molar-refractivity contribution in [1.82, 2.24) is 19.5 Å². The standard InChI is InChI=1S/C19H14F3N7O3/c1-9-24-13-7-4-11(29(30)31)8-14(13)28(9)19-26-16(23)15(20)17(27-19)25-10-2-5-12(6-3-10)32-18(21)22/h2-8,18H,1H3,(H3,23,25,26,27). The van der Waals surface area contributed by atoms with Crippen LogP contribution in [0.5, 0.6) is 5.75 Å². The van der Waals surface area contributed by atoms with Crippen LogP contribution in [-0.2, 0) is 0 Å². The van der Waals surface area contributed by atoms with Crippen molar-refractivity contribution in [1.29, 1.82) is 0 Å². The molecule has 0 aliphatic rings. The van der Waals surface area contributed by atoms with Gasteiger partial charge < -0.3 is 15.8 Å². The van der Waals surface area contributed by atoms with E-state index in [9.17, 15) is 23.3 Å². The van der Waals surface area contributed by atoms with Crippen molar-refractivity contribution in [2.24, 2.45) is 0 Å². The number of anilines is 3. The Morgan fingerprint density at radius 3 is 2.53 bits per heavy atom. The molecular weight excluding hydrogens is 431 g/mol. The van der Waals surface area contributed by atoms with E-state index < -0.39 is 23.2 Å². The van der Waals surface area contributed by atoms with Crippen LogP contribution in [0.15, 0.2) is 42.5 Å². The number of hydrogen-bond acceptors (Lipinski definition) is 8. The summed E-state index contributed by atoms with van der Waals surface area (Å²) in [4.78, 5) is 23.0. The van der Waals surface area contributed by atoms with Crippen LogP contribution in [0.4, 0.5) is 36.2 Å². The molecule has 0 fully saturated rings. The number of nitrogens with two attached hydrogens (primary N) is 1. The van der Waals surface area contributed by atoms with Crippen LogP contribution in [0.2, 0.25) is 0 Å². The second kappa shape index (κ2) is 8.02. The topological polar surface area (TPSA) is 134 Å². The summed E-state index contributed by atoms with van der Waals surface area (Å²) in [5, 5.41) is 13.9. The van der Waals surface area contributed by atoms with E-state index in [0.717, 1.165) is 0 Å². The van der Waals surface area contributed by atoms with Crippen LogP contribution >= 0.6 is 0 Å². The Hall–Kier alpha value is -4.42. The molecule has 4 rings (SSSR count). The highest BCUT2D eigenvalue weighted by Crippen LogP contribution is 2.28. The Morgan fingerprint density at radius 2 is 1.88 bits per heavy atom. The Bertz CT molecular complexity index is 1330. The molecule has 0 spiro atoms. The number of benzene rings is 2. The van der Waals surface area contributed by atoms with E-state index in [1.54, 1.807) is 6.92 Å². The van der Waals surface area contributed by atoms with Crippen LogP contribution in [0.1, 0.15) is 5.82 Å². The molecule has 0 saturated heterocycles. The number of alkyl halides is 2. The minimum atomic E-state index is -2.97. The maximum absolute atomic E-state index is 14.6. The van der Waals surface area contributed by atoms with Gasteiger partial charge in [-0.3, -0.25) is 14.7 Å². The highest BCUT2D eigenvalue weighted by Gasteiger charge is 2.19. The molecule has 0 saturated carbocycles. The van der Waals surface area contributed by atoms with E-state index in [-0.39, 0.29) is 23.2 Å². The van der Waals surface area contributed by atoms with Gasteiger partial charge in [-0.05, 0) is 37.3 Å². The summed E-state index contributed by atoms with van der Waals surface area (Å²) in [5.74, 6) is -1.44. The molecule has 2 aromatic carbocycles. The summed E-state index contributed by atoms with van der Waals surface area (Å²) < 4.78 is 44.9. The molecule has 2 aromatic heterocycles. The Morgan fingerprint density at radius 1 is 1.16 bits per heavy atom. The number of halogens is 3. The molecule has 0 bridgehead atoms. The number of non-ortho nitro benzene ring substituents is 1. The van der Waals surface area contributed by atoms with Crippen LogP contribution < -0.4 is 15.8 Å². The van der Waals surface area contributed by atoms with Gasteiger partial charge in [0.25, 0.3) is 5.69 Å². The van der Waals surface area contributed by atoms with E-state index >= 15 is 0 Å². The minimum absolute atomic E-state index is 0.0652. The van der Waals surface area contributed by atoms with Gasteiger partial charge in [-0.25, -0.2) is 4.98 Å². The van der Waals surface area contributed by atoms with Crippen LogP contribution in [0, 0.1) is 22.9 Å². The molecule has 4 aromatic rings. The summed E-state index contributed by atoms with van der Waals surface area (Å²) in [6, 6.07) is 9.40. The van der Waals surface area contributed by atoms with E-state index in [4.69, 9.17) is 5.73 Å². The zero-order valence-corrected chi connectivity index (χ0v) is 16.3. The normalized spacial score (nSPS) is 11.2. The van der Waals surface area contributed by atoms with Crippen LogP contribution in [-0.4, -0.2) is 31.1 Å². The molecule has 10 nitrogen and oxygen atoms in total. The summed E-state index contributed by atoms with van der Waals surface area (Å²) in [6.07, 6.45) is 0. The van der Waals surface area contributed by atoms with Gasteiger partial charge in [0.05, 0.1) is 16.0 Å². The summed E-state index contributed by atoms with van der Waals surface area (Å²) in [5.41, 5.74) is 6.65. The maximum Gasteiger partial charge on any atom is 0.387 e. The maximum atomic E-state index is 14.6. The van der Waals surface area contributed by atoms with E-state index in [0.29, 0.717) is 22.5 Å². The SMILES string of the molecule is Cc1nc2ccc([N+](=O)[O-])cc2n1-c1nc(N)c(F)c(Nc2ccc(OC(F)F)cc2)n1. The Kier molecular flexibility index (Phi) is 5.22. The number of imidazole rings is 1. The minimum Gasteiger partial charge on any atom is -0.435 e. The van der Waals surface area contributed by atoms with Crippen molar-refractivity contribution >= 4 is 34.0 Å². The van der Waals surface area contributed by atoms with Gasteiger partial charge in [-0.15, -0.1) is 0 Å². The van der Waals surface area contributed by atoms with Crippen molar-refractivity contribution in [2.45, 2.75) is 13.5 Å². The van der Waals surface area contributed by atoms with Gasteiger partial charge >= 0.3 is 6.61 Å². The second-order valence-electron chi connectivity index (χ2n) is 6.52. The first-order valence-electron chi connectivity index (χ1n) is 9.01. The molecule has 0 aliphatic carbocycles. The number of ether oxygens (including phenoxy) is 1. The summed E-state index contributed by atoms with van der Waals surface area (Å²) in [6.45, 7) is -1.34. The molecule has 3 N–H and O–H groups in total. The predicted octanol–water partition coefficient (Wildman–Crippen LogP) is 4.10. The lowest BCUT2D eigenvalue weighted by Crippen LogP contribution is -2.11. The van der Waals surface area contributed by atoms with Crippen molar-refractivity contribution in [3.8, 4) is 11.7 Å². The first-order chi connectivity index (χ1) is 15.2. The molecular formula is C19H14F3N7O3. The average molecular weight is 445 g/mol. The molecule has 32 heavy (non-hydrogen) atoms. The van der Waals surface area contributed by atoms with Gasteiger partial charge in [0.2, 0.25) is 11.8 Å². The van der Waals surface area contributed by atoms with Crippen molar-refractivity contribution < 1.29 is 22.8 Å².